The van der Waals surface area contributed by atoms with Gasteiger partial charge in [-0.15, -0.1) is 0 Å². The highest BCUT2D eigenvalue weighted by Crippen LogP contribution is 2.25. The van der Waals surface area contributed by atoms with E-state index in [9.17, 15) is 23.3 Å². The standard InChI is InChI=1S/C10H14N4O5S/c1-10(2,9(12)15)13-20(18,19)6-3-4-7(11)8(5-6)14(16)17/h3-5,13H,11H2,1-2H3,(H2,12,15). The lowest BCUT2D eigenvalue weighted by molar-refractivity contribution is -0.384. The second kappa shape index (κ2) is 5.06. The Kier molecular flexibility index (Phi) is 4.01. The first kappa shape index (κ1) is 15.9. The minimum atomic E-state index is -4.15. The van der Waals surface area contributed by atoms with Crippen LogP contribution in [0.1, 0.15) is 13.8 Å². The average Bonchev–Trinajstić information content (AvgIpc) is 2.27. The first-order valence-corrected chi connectivity index (χ1v) is 6.83. The average molecular weight is 302 g/mol. The van der Waals surface area contributed by atoms with Crippen molar-refractivity contribution >= 4 is 27.3 Å². The van der Waals surface area contributed by atoms with Gasteiger partial charge in [0.15, 0.2) is 0 Å². The number of carbonyl (C=O) groups is 1. The molecule has 110 valence electrons. The SMILES string of the molecule is CC(C)(NS(=O)(=O)c1ccc(N)c([N+](=O)[O-])c1)C(N)=O. The summed E-state index contributed by atoms with van der Waals surface area (Å²) < 4.78 is 26.2. The molecule has 10 heteroatoms. The summed E-state index contributed by atoms with van der Waals surface area (Å²) in [5.41, 5.74) is 8.21. The molecule has 0 spiro atoms. The van der Waals surface area contributed by atoms with Gasteiger partial charge in [-0.05, 0) is 26.0 Å². The van der Waals surface area contributed by atoms with Crippen molar-refractivity contribution in [3.63, 3.8) is 0 Å². The number of anilines is 1. The summed E-state index contributed by atoms with van der Waals surface area (Å²) in [7, 11) is -4.15. The van der Waals surface area contributed by atoms with E-state index in [0.717, 1.165) is 18.2 Å². The summed E-state index contributed by atoms with van der Waals surface area (Å²) in [5.74, 6) is -0.883. The highest BCUT2D eigenvalue weighted by atomic mass is 32.2. The smallest absolute Gasteiger partial charge is 0.293 e. The number of nitrogen functional groups attached to an aromatic ring is 1. The monoisotopic (exact) mass is 302 g/mol. The molecule has 0 saturated carbocycles. The molecule has 0 aliphatic heterocycles. The molecule has 0 aliphatic carbocycles. The Morgan fingerprint density at radius 2 is 1.95 bits per heavy atom. The van der Waals surface area contributed by atoms with Crippen LogP contribution in [0.4, 0.5) is 11.4 Å². The van der Waals surface area contributed by atoms with Crippen molar-refractivity contribution in [2.24, 2.45) is 5.73 Å². The molecule has 9 nitrogen and oxygen atoms in total. The molecule has 0 radical (unpaired) electrons. The molecule has 0 atom stereocenters. The van der Waals surface area contributed by atoms with Crippen LogP contribution in [0.2, 0.25) is 0 Å². The quantitative estimate of drug-likeness (QED) is 0.385. The van der Waals surface area contributed by atoms with Crippen molar-refractivity contribution < 1.29 is 18.1 Å². The maximum absolute atomic E-state index is 12.1. The zero-order valence-corrected chi connectivity index (χ0v) is 11.6. The van der Waals surface area contributed by atoms with Gasteiger partial charge in [0.05, 0.1) is 9.82 Å². The third kappa shape index (κ3) is 3.22. The molecule has 0 fully saturated rings. The van der Waals surface area contributed by atoms with E-state index in [1.54, 1.807) is 0 Å². The van der Waals surface area contributed by atoms with Crippen LogP contribution in [0.3, 0.4) is 0 Å². The van der Waals surface area contributed by atoms with Gasteiger partial charge in [-0.3, -0.25) is 14.9 Å². The Labute approximate surface area is 115 Å². The molecule has 0 heterocycles. The molecular formula is C10H14N4O5S. The number of rotatable bonds is 5. The summed E-state index contributed by atoms with van der Waals surface area (Å²) in [6.45, 7) is 2.55. The predicted octanol–water partition coefficient (Wildman–Crippen LogP) is -0.281. The number of nitro benzene ring substituents is 1. The van der Waals surface area contributed by atoms with Gasteiger partial charge in [-0.1, -0.05) is 0 Å². The van der Waals surface area contributed by atoms with Crippen LogP contribution in [0.5, 0.6) is 0 Å². The van der Waals surface area contributed by atoms with E-state index in [-0.39, 0.29) is 10.6 Å². The van der Waals surface area contributed by atoms with Crippen LogP contribution < -0.4 is 16.2 Å². The first-order valence-electron chi connectivity index (χ1n) is 5.35. The largest absolute Gasteiger partial charge is 0.393 e. The molecule has 0 aromatic heterocycles. The molecule has 20 heavy (non-hydrogen) atoms. The fourth-order valence-corrected chi connectivity index (χ4v) is 2.70. The number of hydrogen-bond donors (Lipinski definition) is 3. The van der Waals surface area contributed by atoms with E-state index in [4.69, 9.17) is 11.5 Å². The molecule has 1 aromatic rings. The molecular weight excluding hydrogens is 288 g/mol. The van der Waals surface area contributed by atoms with E-state index >= 15 is 0 Å². The minimum absolute atomic E-state index is 0.164. The highest BCUT2D eigenvalue weighted by Gasteiger charge is 2.32. The number of sulfonamides is 1. The fourth-order valence-electron chi connectivity index (χ4n) is 1.29. The van der Waals surface area contributed by atoms with Crippen molar-refractivity contribution in [1.82, 2.24) is 4.72 Å². The van der Waals surface area contributed by atoms with Crippen LogP contribution >= 0.6 is 0 Å². The van der Waals surface area contributed by atoms with Gasteiger partial charge in [0.1, 0.15) is 11.2 Å². The summed E-state index contributed by atoms with van der Waals surface area (Å²) in [5, 5.41) is 10.7. The number of nitrogens with two attached hydrogens (primary N) is 2. The van der Waals surface area contributed by atoms with Crippen LogP contribution in [-0.2, 0) is 14.8 Å². The van der Waals surface area contributed by atoms with E-state index < -0.39 is 32.1 Å². The van der Waals surface area contributed by atoms with Crippen LogP contribution in [0, 0.1) is 10.1 Å². The molecule has 0 aliphatic rings. The van der Waals surface area contributed by atoms with E-state index in [1.165, 1.54) is 13.8 Å². The van der Waals surface area contributed by atoms with E-state index in [0.29, 0.717) is 0 Å². The Bertz CT molecular complexity index is 668. The van der Waals surface area contributed by atoms with Gasteiger partial charge < -0.3 is 11.5 Å². The first-order chi connectivity index (χ1) is 8.97. The highest BCUT2D eigenvalue weighted by molar-refractivity contribution is 7.89. The Morgan fingerprint density at radius 1 is 1.40 bits per heavy atom. The van der Waals surface area contributed by atoms with Gasteiger partial charge in [0.2, 0.25) is 15.9 Å². The zero-order chi connectivity index (χ0) is 15.7. The number of amides is 1. The molecule has 1 amide bonds. The minimum Gasteiger partial charge on any atom is -0.393 e. The molecule has 5 N–H and O–H groups in total. The van der Waals surface area contributed by atoms with Crippen molar-refractivity contribution in [2.45, 2.75) is 24.3 Å². The lowest BCUT2D eigenvalue weighted by atomic mass is 10.1. The third-order valence-corrected chi connectivity index (χ3v) is 4.17. The van der Waals surface area contributed by atoms with Gasteiger partial charge in [0.25, 0.3) is 5.69 Å². The van der Waals surface area contributed by atoms with Crippen LogP contribution in [-0.4, -0.2) is 24.8 Å². The molecule has 0 unspecified atom stereocenters. The number of nitrogens with zero attached hydrogens (tertiary/aromatic N) is 1. The maximum atomic E-state index is 12.1. The summed E-state index contributed by atoms with van der Waals surface area (Å²) in [6, 6.07) is 3.01. The summed E-state index contributed by atoms with van der Waals surface area (Å²) >= 11 is 0. The van der Waals surface area contributed by atoms with Gasteiger partial charge in [0, 0.05) is 6.07 Å². The van der Waals surface area contributed by atoms with Crippen molar-refractivity contribution in [1.29, 1.82) is 0 Å². The van der Waals surface area contributed by atoms with Crippen molar-refractivity contribution in [2.75, 3.05) is 5.73 Å². The summed E-state index contributed by atoms with van der Waals surface area (Å²) in [4.78, 5) is 20.7. The number of nitro groups is 1. The second-order valence-electron chi connectivity index (χ2n) is 4.57. The Balaban J connectivity index is 3.27. The third-order valence-electron chi connectivity index (χ3n) is 2.51. The lowest BCUT2D eigenvalue weighted by Crippen LogP contribution is -2.52. The van der Waals surface area contributed by atoms with Crippen LogP contribution in [0.25, 0.3) is 0 Å². The number of nitrogens with one attached hydrogen (secondary N) is 1. The molecule has 0 saturated heterocycles. The van der Waals surface area contributed by atoms with Crippen molar-refractivity contribution in [3.8, 4) is 0 Å². The number of primary amides is 1. The van der Waals surface area contributed by atoms with Crippen LogP contribution in [0.15, 0.2) is 23.1 Å². The van der Waals surface area contributed by atoms with E-state index in [1.807, 2.05) is 0 Å². The Hall–Kier alpha value is -2.20. The normalized spacial score (nSPS) is 12.1. The van der Waals surface area contributed by atoms with Gasteiger partial charge in [-0.2, -0.15) is 4.72 Å². The number of benzene rings is 1. The molecule has 0 bridgehead atoms. The van der Waals surface area contributed by atoms with Gasteiger partial charge >= 0.3 is 0 Å². The topological polar surface area (TPSA) is 158 Å². The second-order valence-corrected chi connectivity index (χ2v) is 6.25. The van der Waals surface area contributed by atoms with E-state index in [2.05, 4.69) is 4.72 Å². The molecule has 1 rings (SSSR count). The zero-order valence-electron chi connectivity index (χ0n) is 10.8. The lowest BCUT2D eigenvalue weighted by Gasteiger charge is -2.21. The maximum Gasteiger partial charge on any atom is 0.293 e. The Morgan fingerprint density at radius 3 is 2.40 bits per heavy atom. The number of carbonyl (C=O) groups excluding carboxylic acids is 1. The van der Waals surface area contributed by atoms with Gasteiger partial charge in [-0.25, -0.2) is 8.42 Å². The molecule has 1 aromatic carbocycles. The fraction of sp³-hybridized carbons (Fsp3) is 0.300. The number of hydrogen-bond acceptors (Lipinski definition) is 6. The predicted molar refractivity (Wildman–Crippen MR) is 71.1 cm³/mol. The summed E-state index contributed by atoms with van der Waals surface area (Å²) in [6.07, 6.45) is 0. The van der Waals surface area contributed by atoms with Crippen molar-refractivity contribution in [3.05, 3.63) is 28.3 Å².